The number of likely N-dealkylation sites (tertiary alicyclic amines) is 1. The molecule has 0 saturated carbocycles. The highest BCUT2D eigenvalue weighted by Gasteiger charge is 2.28. The molecule has 7 heteroatoms. The van der Waals surface area contributed by atoms with E-state index in [2.05, 4.69) is 15.2 Å². The summed E-state index contributed by atoms with van der Waals surface area (Å²) in [5.74, 6) is 0.664. The highest BCUT2D eigenvalue weighted by atomic mass is 16.6. The van der Waals surface area contributed by atoms with Crippen molar-refractivity contribution in [2.75, 3.05) is 44.2 Å². The van der Waals surface area contributed by atoms with E-state index < -0.39 is 5.60 Å². The molecule has 144 valence electrons. The SMILES string of the molecule is CC(C)(C)OC(=O)N1CCC(Oc2cc(N3CCNCC3)ccn2)CC1. The molecule has 0 atom stereocenters. The number of anilines is 1. The van der Waals surface area contributed by atoms with Gasteiger partial charge in [0.25, 0.3) is 0 Å². The summed E-state index contributed by atoms with van der Waals surface area (Å²) in [6, 6.07) is 4.05. The number of amides is 1. The Labute approximate surface area is 155 Å². The molecule has 1 aromatic heterocycles. The maximum absolute atomic E-state index is 12.1. The highest BCUT2D eigenvalue weighted by molar-refractivity contribution is 5.68. The van der Waals surface area contributed by atoms with E-state index in [9.17, 15) is 4.79 Å². The molecular formula is C19H30N4O3. The van der Waals surface area contributed by atoms with Gasteiger partial charge in [-0.25, -0.2) is 9.78 Å². The smallest absolute Gasteiger partial charge is 0.410 e. The van der Waals surface area contributed by atoms with Crippen molar-refractivity contribution < 1.29 is 14.3 Å². The van der Waals surface area contributed by atoms with Gasteiger partial charge in [-0.1, -0.05) is 0 Å². The van der Waals surface area contributed by atoms with E-state index in [1.165, 1.54) is 0 Å². The molecule has 0 radical (unpaired) electrons. The van der Waals surface area contributed by atoms with E-state index in [0.717, 1.165) is 44.7 Å². The Morgan fingerprint density at radius 3 is 2.54 bits per heavy atom. The van der Waals surface area contributed by atoms with Crippen LogP contribution in [0, 0.1) is 0 Å². The van der Waals surface area contributed by atoms with Crippen molar-refractivity contribution in [3.05, 3.63) is 18.3 Å². The summed E-state index contributed by atoms with van der Waals surface area (Å²) in [6.07, 6.45) is 3.23. The van der Waals surface area contributed by atoms with Crippen molar-refractivity contribution in [3.8, 4) is 5.88 Å². The topological polar surface area (TPSA) is 66.9 Å². The lowest BCUT2D eigenvalue weighted by molar-refractivity contribution is 0.0123. The fraction of sp³-hybridized carbons (Fsp3) is 0.684. The van der Waals surface area contributed by atoms with Crippen molar-refractivity contribution in [2.24, 2.45) is 0 Å². The molecule has 3 rings (SSSR count). The van der Waals surface area contributed by atoms with Crippen molar-refractivity contribution >= 4 is 11.8 Å². The number of pyridine rings is 1. The molecule has 0 aromatic carbocycles. The molecule has 2 aliphatic heterocycles. The number of hydrogen-bond donors (Lipinski definition) is 1. The zero-order valence-corrected chi connectivity index (χ0v) is 16.0. The summed E-state index contributed by atoms with van der Waals surface area (Å²) in [6.45, 7) is 11.0. The number of aromatic nitrogens is 1. The lowest BCUT2D eigenvalue weighted by Gasteiger charge is -2.33. The zero-order chi connectivity index (χ0) is 18.6. The summed E-state index contributed by atoms with van der Waals surface area (Å²) in [7, 11) is 0. The third-order valence-corrected chi connectivity index (χ3v) is 4.58. The first-order valence-electron chi connectivity index (χ1n) is 9.47. The highest BCUT2D eigenvalue weighted by Crippen LogP contribution is 2.23. The summed E-state index contributed by atoms with van der Waals surface area (Å²) >= 11 is 0. The van der Waals surface area contributed by atoms with E-state index in [1.54, 1.807) is 4.90 Å². The summed E-state index contributed by atoms with van der Waals surface area (Å²) in [5.41, 5.74) is 0.696. The van der Waals surface area contributed by atoms with Crippen molar-refractivity contribution in [1.29, 1.82) is 0 Å². The second kappa shape index (κ2) is 8.12. The Balaban J connectivity index is 1.51. The number of nitrogens with one attached hydrogen (secondary N) is 1. The van der Waals surface area contributed by atoms with Gasteiger partial charge in [-0.15, -0.1) is 0 Å². The largest absolute Gasteiger partial charge is 0.474 e. The van der Waals surface area contributed by atoms with Gasteiger partial charge in [-0.05, 0) is 26.8 Å². The van der Waals surface area contributed by atoms with Crippen molar-refractivity contribution in [2.45, 2.75) is 45.3 Å². The van der Waals surface area contributed by atoms with Gasteiger partial charge in [0.15, 0.2) is 0 Å². The molecule has 0 bridgehead atoms. The third-order valence-electron chi connectivity index (χ3n) is 4.58. The van der Waals surface area contributed by atoms with Crippen LogP contribution in [0.2, 0.25) is 0 Å². The molecule has 0 spiro atoms. The number of rotatable bonds is 3. The van der Waals surface area contributed by atoms with Crippen LogP contribution in [0.4, 0.5) is 10.5 Å². The molecule has 1 amide bonds. The fourth-order valence-electron chi connectivity index (χ4n) is 3.24. The van der Waals surface area contributed by atoms with Crippen molar-refractivity contribution in [3.63, 3.8) is 0 Å². The maximum Gasteiger partial charge on any atom is 0.410 e. The first-order valence-corrected chi connectivity index (χ1v) is 9.47. The molecular weight excluding hydrogens is 332 g/mol. The molecule has 2 saturated heterocycles. The normalized spacial score (nSPS) is 19.3. The Morgan fingerprint density at radius 2 is 1.88 bits per heavy atom. The van der Waals surface area contributed by atoms with E-state index in [0.29, 0.717) is 19.0 Å². The number of carbonyl (C=O) groups is 1. The minimum Gasteiger partial charge on any atom is -0.474 e. The van der Waals surface area contributed by atoms with Gasteiger partial charge in [0.1, 0.15) is 11.7 Å². The van der Waals surface area contributed by atoms with Crippen LogP contribution in [-0.2, 0) is 4.74 Å². The molecule has 1 N–H and O–H groups in total. The number of piperidine rings is 1. The van der Waals surface area contributed by atoms with E-state index in [4.69, 9.17) is 9.47 Å². The quantitative estimate of drug-likeness (QED) is 0.890. The van der Waals surface area contributed by atoms with Crippen LogP contribution in [0.25, 0.3) is 0 Å². The van der Waals surface area contributed by atoms with E-state index in [-0.39, 0.29) is 12.2 Å². The molecule has 0 unspecified atom stereocenters. The maximum atomic E-state index is 12.1. The number of ether oxygens (including phenoxy) is 2. The lowest BCUT2D eigenvalue weighted by atomic mass is 10.1. The third kappa shape index (κ3) is 5.24. The van der Waals surface area contributed by atoms with Crippen LogP contribution in [0.5, 0.6) is 5.88 Å². The van der Waals surface area contributed by atoms with Crippen LogP contribution in [0.3, 0.4) is 0 Å². The number of carbonyl (C=O) groups excluding carboxylic acids is 1. The molecule has 3 heterocycles. The first kappa shape index (κ1) is 18.8. The first-order chi connectivity index (χ1) is 12.4. The van der Waals surface area contributed by atoms with Gasteiger partial charge in [-0.3, -0.25) is 0 Å². The van der Waals surface area contributed by atoms with Crippen LogP contribution in [-0.4, -0.2) is 67.0 Å². The molecule has 7 nitrogen and oxygen atoms in total. The minimum absolute atomic E-state index is 0.0828. The summed E-state index contributed by atoms with van der Waals surface area (Å²) in [5, 5.41) is 3.36. The van der Waals surface area contributed by atoms with E-state index >= 15 is 0 Å². The fourth-order valence-corrected chi connectivity index (χ4v) is 3.24. The lowest BCUT2D eigenvalue weighted by Crippen LogP contribution is -2.44. The minimum atomic E-state index is -0.460. The second-order valence-corrected chi connectivity index (χ2v) is 7.87. The van der Waals surface area contributed by atoms with Gasteiger partial charge in [-0.2, -0.15) is 0 Å². The van der Waals surface area contributed by atoms with Gasteiger partial charge in [0.05, 0.1) is 0 Å². The van der Waals surface area contributed by atoms with Gasteiger partial charge < -0.3 is 24.6 Å². The van der Waals surface area contributed by atoms with Gasteiger partial charge in [0.2, 0.25) is 5.88 Å². The molecule has 2 aliphatic rings. The number of hydrogen-bond acceptors (Lipinski definition) is 6. The molecule has 26 heavy (non-hydrogen) atoms. The second-order valence-electron chi connectivity index (χ2n) is 7.87. The van der Waals surface area contributed by atoms with Crippen LogP contribution in [0.15, 0.2) is 18.3 Å². The van der Waals surface area contributed by atoms with Crippen LogP contribution in [0.1, 0.15) is 33.6 Å². The van der Waals surface area contributed by atoms with Crippen molar-refractivity contribution in [1.82, 2.24) is 15.2 Å². The number of piperazine rings is 1. The van der Waals surface area contributed by atoms with Gasteiger partial charge in [0, 0.05) is 70.1 Å². The zero-order valence-electron chi connectivity index (χ0n) is 16.0. The Kier molecular flexibility index (Phi) is 5.86. The predicted octanol–water partition coefficient (Wildman–Crippen LogP) is 2.27. The standard InChI is InChI=1S/C19H30N4O3/c1-19(2,3)26-18(24)23-10-5-16(6-11-23)25-17-14-15(4-7-21-17)22-12-8-20-9-13-22/h4,7,14,16,20H,5-6,8-13H2,1-3H3. The van der Waals surface area contributed by atoms with E-state index in [1.807, 2.05) is 39.1 Å². The molecule has 0 aliphatic carbocycles. The summed E-state index contributed by atoms with van der Waals surface area (Å²) < 4.78 is 11.5. The van der Waals surface area contributed by atoms with Crippen LogP contribution < -0.4 is 15.0 Å². The predicted molar refractivity (Wildman–Crippen MR) is 101 cm³/mol. The molecule has 2 fully saturated rings. The average Bonchev–Trinajstić information content (AvgIpc) is 2.62. The Morgan fingerprint density at radius 1 is 1.19 bits per heavy atom. The van der Waals surface area contributed by atoms with Gasteiger partial charge >= 0.3 is 6.09 Å². The monoisotopic (exact) mass is 362 g/mol. The Bertz CT molecular complexity index is 603. The van der Waals surface area contributed by atoms with Crippen LogP contribution >= 0.6 is 0 Å². The summed E-state index contributed by atoms with van der Waals surface area (Å²) in [4.78, 5) is 20.6. The molecule has 1 aromatic rings. The number of nitrogens with zero attached hydrogens (tertiary/aromatic N) is 3. The Hall–Kier alpha value is -2.02. The average molecular weight is 362 g/mol.